The Labute approximate surface area is 176 Å². The van der Waals surface area contributed by atoms with Gasteiger partial charge in [0.2, 0.25) is 0 Å². The minimum absolute atomic E-state index is 0.0116. The summed E-state index contributed by atoms with van der Waals surface area (Å²) in [4.78, 5) is 14.7. The number of esters is 1. The summed E-state index contributed by atoms with van der Waals surface area (Å²) >= 11 is 0. The minimum Gasteiger partial charge on any atom is -0.449 e. The first-order valence-electron chi connectivity index (χ1n) is 10.3. The summed E-state index contributed by atoms with van der Waals surface area (Å²) < 4.78 is 17.1. The van der Waals surface area contributed by atoms with E-state index in [1.54, 1.807) is 20.3 Å². The lowest BCUT2D eigenvalue weighted by atomic mass is 9.77. The van der Waals surface area contributed by atoms with Crippen molar-refractivity contribution in [3.8, 4) is 11.8 Å². The molecule has 3 heterocycles. The van der Waals surface area contributed by atoms with Gasteiger partial charge in [0, 0.05) is 49.5 Å². The molecule has 1 aromatic carbocycles. The standard InChI is InChI=1S/C24H25NO5/c1-28-23(29-2)20-9-10-21-24-13-18(25(20)21)11-17(19(24)12-22(27)30-24)8-7-15-3-5-16(14-26)6-4-15/h3-6,11-12,18,20-21,23,26H,9-10,13-14H2,1-2H3/t18-,20-,21-,24+/m1/s1. The highest BCUT2D eigenvalue weighted by atomic mass is 16.7. The van der Waals surface area contributed by atoms with Gasteiger partial charge in [-0.1, -0.05) is 30.0 Å². The molecule has 3 aliphatic heterocycles. The zero-order valence-electron chi connectivity index (χ0n) is 17.1. The van der Waals surface area contributed by atoms with Crippen LogP contribution in [0.25, 0.3) is 0 Å². The third kappa shape index (κ3) is 2.85. The van der Waals surface area contributed by atoms with E-state index in [4.69, 9.17) is 14.2 Å². The van der Waals surface area contributed by atoms with Gasteiger partial charge in [0.25, 0.3) is 0 Å². The van der Waals surface area contributed by atoms with Gasteiger partial charge < -0.3 is 19.3 Å². The van der Waals surface area contributed by atoms with Crippen LogP contribution in [-0.2, 0) is 25.6 Å². The van der Waals surface area contributed by atoms with E-state index in [0.717, 1.165) is 41.5 Å². The van der Waals surface area contributed by atoms with Crippen molar-refractivity contribution in [1.29, 1.82) is 0 Å². The summed E-state index contributed by atoms with van der Waals surface area (Å²) in [5.74, 6) is 6.20. The number of rotatable bonds is 4. The Morgan fingerprint density at radius 2 is 2.00 bits per heavy atom. The van der Waals surface area contributed by atoms with Crippen molar-refractivity contribution in [2.24, 2.45) is 0 Å². The van der Waals surface area contributed by atoms with Gasteiger partial charge in [0.15, 0.2) is 11.9 Å². The number of nitrogens with zero attached hydrogens (tertiary/aromatic N) is 1. The lowest BCUT2D eigenvalue weighted by Crippen LogP contribution is -2.48. The number of benzene rings is 1. The number of aliphatic hydroxyl groups excluding tert-OH is 1. The van der Waals surface area contributed by atoms with Crippen LogP contribution >= 0.6 is 0 Å². The van der Waals surface area contributed by atoms with E-state index in [1.165, 1.54) is 0 Å². The summed E-state index contributed by atoms with van der Waals surface area (Å²) in [6.45, 7) is 0.0116. The molecule has 2 saturated heterocycles. The van der Waals surface area contributed by atoms with Crippen molar-refractivity contribution in [2.45, 2.75) is 55.9 Å². The summed E-state index contributed by atoms with van der Waals surface area (Å²) in [7, 11) is 3.33. The summed E-state index contributed by atoms with van der Waals surface area (Å²) in [5, 5.41) is 9.21. The van der Waals surface area contributed by atoms with Crippen LogP contribution in [0.5, 0.6) is 0 Å². The van der Waals surface area contributed by atoms with E-state index >= 15 is 0 Å². The first kappa shape index (κ1) is 19.5. The zero-order valence-corrected chi connectivity index (χ0v) is 17.1. The number of methoxy groups -OCH3 is 2. The molecular weight excluding hydrogens is 382 g/mol. The molecule has 2 fully saturated rings. The van der Waals surface area contributed by atoms with Gasteiger partial charge in [-0.05, 0) is 30.5 Å². The number of ether oxygens (including phenoxy) is 3. The Hall–Kier alpha value is -2.43. The molecule has 0 saturated carbocycles. The first-order valence-corrected chi connectivity index (χ1v) is 10.3. The highest BCUT2D eigenvalue weighted by molar-refractivity contribution is 5.90. The van der Waals surface area contributed by atoms with E-state index in [0.29, 0.717) is 0 Å². The van der Waals surface area contributed by atoms with Gasteiger partial charge in [-0.3, -0.25) is 4.90 Å². The molecule has 156 valence electrons. The fourth-order valence-electron chi connectivity index (χ4n) is 5.63. The Bertz CT molecular complexity index is 981. The van der Waals surface area contributed by atoms with Crippen LogP contribution in [0.4, 0.5) is 0 Å². The Kier molecular flexibility index (Phi) is 4.79. The van der Waals surface area contributed by atoms with Crippen LogP contribution in [0.2, 0.25) is 0 Å². The Morgan fingerprint density at radius 3 is 2.70 bits per heavy atom. The van der Waals surface area contributed by atoms with Crippen molar-refractivity contribution in [1.82, 2.24) is 4.90 Å². The topological polar surface area (TPSA) is 68.2 Å². The Morgan fingerprint density at radius 1 is 1.23 bits per heavy atom. The predicted molar refractivity (Wildman–Crippen MR) is 109 cm³/mol. The van der Waals surface area contributed by atoms with Crippen molar-refractivity contribution in [3.63, 3.8) is 0 Å². The second kappa shape index (κ2) is 7.36. The van der Waals surface area contributed by atoms with E-state index in [9.17, 15) is 9.90 Å². The highest BCUT2D eigenvalue weighted by Gasteiger charge is 2.65. The zero-order chi connectivity index (χ0) is 20.9. The van der Waals surface area contributed by atoms with E-state index in [-0.39, 0.29) is 37.0 Å². The van der Waals surface area contributed by atoms with Gasteiger partial charge in [-0.2, -0.15) is 0 Å². The number of carbonyl (C=O) groups is 1. The number of hydrogen-bond acceptors (Lipinski definition) is 6. The van der Waals surface area contributed by atoms with Crippen LogP contribution < -0.4 is 0 Å². The second-order valence-corrected chi connectivity index (χ2v) is 8.27. The molecule has 4 atom stereocenters. The Balaban J connectivity index is 1.51. The smallest absolute Gasteiger partial charge is 0.332 e. The molecule has 5 rings (SSSR count). The average molecular weight is 407 g/mol. The van der Waals surface area contributed by atoms with Gasteiger partial charge in [-0.25, -0.2) is 4.79 Å². The molecule has 0 unspecified atom stereocenters. The average Bonchev–Trinajstić information content (AvgIpc) is 3.41. The van der Waals surface area contributed by atoms with Gasteiger partial charge in [0.05, 0.1) is 18.7 Å². The fourth-order valence-corrected chi connectivity index (χ4v) is 5.63. The van der Waals surface area contributed by atoms with E-state index < -0.39 is 5.60 Å². The maximum atomic E-state index is 12.3. The molecule has 0 aromatic heterocycles. The lowest BCUT2D eigenvalue weighted by Gasteiger charge is -2.33. The van der Waals surface area contributed by atoms with E-state index in [1.807, 2.05) is 24.3 Å². The molecule has 0 radical (unpaired) electrons. The molecule has 6 heteroatoms. The molecule has 30 heavy (non-hydrogen) atoms. The van der Waals surface area contributed by atoms with Gasteiger partial charge in [-0.15, -0.1) is 0 Å². The molecule has 1 N–H and O–H groups in total. The van der Waals surface area contributed by atoms with Crippen LogP contribution in [0.15, 0.2) is 47.6 Å². The quantitative estimate of drug-likeness (QED) is 0.467. The lowest BCUT2D eigenvalue weighted by molar-refractivity contribution is -0.151. The summed E-state index contributed by atoms with van der Waals surface area (Å²) in [6, 6.07) is 7.87. The molecule has 1 aliphatic carbocycles. The van der Waals surface area contributed by atoms with Crippen molar-refractivity contribution in [3.05, 3.63) is 58.7 Å². The van der Waals surface area contributed by atoms with Crippen molar-refractivity contribution < 1.29 is 24.1 Å². The molecule has 1 aromatic rings. The summed E-state index contributed by atoms with van der Waals surface area (Å²) in [6.07, 6.45) is 6.08. The number of carbonyl (C=O) groups excluding carboxylic acids is 1. The normalized spacial score (nSPS) is 31.6. The molecule has 1 spiro atoms. The van der Waals surface area contributed by atoms with Crippen LogP contribution in [-0.4, -0.2) is 60.2 Å². The monoisotopic (exact) mass is 407 g/mol. The highest BCUT2D eigenvalue weighted by Crippen LogP contribution is 2.56. The largest absolute Gasteiger partial charge is 0.449 e. The number of aliphatic hydroxyl groups is 1. The van der Waals surface area contributed by atoms with Crippen LogP contribution in [0, 0.1) is 11.8 Å². The van der Waals surface area contributed by atoms with Crippen LogP contribution in [0.1, 0.15) is 30.4 Å². The maximum absolute atomic E-state index is 12.3. The molecule has 0 amide bonds. The molecule has 2 bridgehead atoms. The number of fused-ring (bicyclic) bond motifs is 3. The third-order valence-corrected chi connectivity index (χ3v) is 6.82. The van der Waals surface area contributed by atoms with E-state index in [2.05, 4.69) is 22.8 Å². The SMILES string of the molecule is COC(OC)[C@H]1CC[C@H]2N1[C@@H]1C=C(C#Cc3ccc(CO)cc3)C3=CC(=O)O[C@@]32C1. The molecule has 4 aliphatic rings. The van der Waals surface area contributed by atoms with Crippen molar-refractivity contribution in [2.75, 3.05) is 14.2 Å². The summed E-state index contributed by atoms with van der Waals surface area (Å²) in [5.41, 5.74) is 2.86. The van der Waals surface area contributed by atoms with Crippen molar-refractivity contribution >= 4 is 5.97 Å². The molecule has 6 nitrogen and oxygen atoms in total. The minimum atomic E-state index is -0.623. The maximum Gasteiger partial charge on any atom is 0.332 e. The third-order valence-electron chi connectivity index (χ3n) is 6.82. The van der Waals surface area contributed by atoms with Crippen LogP contribution in [0.3, 0.4) is 0 Å². The second-order valence-electron chi connectivity index (χ2n) is 8.27. The predicted octanol–water partition coefficient (Wildman–Crippen LogP) is 1.92. The first-order chi connectivity index (χ1) is 14.6. The molecular formula is C24H25NO5. The number of hydrogen-bond donors (Lipinski definition) is 1. The fraction of sp³-hybridized carbons (Fsp3) is 0.458. The van der Waals surface area contributed by atoms with Gasteiger partial charge in [0.1, 0.15) is 0 Å². The van der Waals surface area contributed by atoms with Gasteiger partial charge >= 0.3 is 5.97 Å².